The molecule has 0 aromatic carbocycles. The van der Waals surface area contributed by atoms with Crippen LogP contribution in [-0.4, -0.2) is 56.7 Å². The van der Waals surface area contributed by atoms with Gasteiger partial charge in [-0.15, -0.1) is 0 Å². The molecule has 1 unspecified atom stereocenters. The van der Waals surface area contributed by atoms with Gasteiger partial charge in [-0.25, -0.2) is 4.21 Å². The highest BCUT2D eigenvalue weighted by Gasteiger charge is 2.12. The lowest BCUT2D eigenvalue weighted by molar-refractivity contribution is -0.890. The van der Waals surface area contributed by atoms with Crippen LogP contribution in [0.4, 0.5) is 0 Å². The number of nitrogens with zero attached hydrogens (tertiary/aromatic N) is 1. The highest BCUT2D eigenvalue weighted by molar-refractivity contribution is 7.73. The second kappa shape index (κ2) is 13.4. The summed E-state index contributed by atoms with van der Waals surface area (Å²) < 4.78 is 25.0. The van der Waals surface area contributed by atoms with Gasteiger partial charge in [-0.05, 0) is 12.8 Å². The van der Waals surface area contributed by atoms with Crippen LogP contribution in [0, 0.1) is 0 Å². The van der Waals surface area contributed by atoms with Crippen molar-refractivity contribution in [3.8, 4) is 0 Å². The molecule has 0 amide bonds. The molecule has 0 saturated carbocycles. The third-order valence-corrected chi connectivity index (χ3v) is 2.82. The maximum absolute atomic E-state index is 8.86. The van der Waals surface area contributed by atoms with Gasteiger partial charge in [0.25, 0.3) is 0 Å². The lowest BCUT2D eigenvalue weighted by Gasteiger charge is -2.28. The van der Waals surface area contributed by atoms with Gasteiger partial charge in [-0.2, -0.15) is 0 Å². The highest BCUT2D eigenvalue weighted by Crippen LogP contribution is 2.07. The summed E-state index contributed by atoms with van der Waals surface area (Å²) in [6.07, 6.45) is 8.14. The molecule has 112 valence electrons. The van der Waals surface area contributed by atoms with Gasteiger partial charge in [0.2, 0.25) is 0 Å². The Morgan fingerprint density at radius 1 is 1.06 bits per heavy atom. The fourth-order valence-corrected chi connectivity index (χ4v) is 1.70. The molecule has 0 fully saturated rings. The Morgan fingerprint density at radius 2 is 1.50 bits per heavy atom. The van der Waals surface area contributed by atoms with Gasteiger partial charge >= 0.3 is 0 Å². The summed E-state index contributed by atoms with van der Waals surface area (Å²) in [4.78, 5) is 0. The second-order valence-electron chi connectivity index (χ2n) is 5.09. The van der Waals surface area contributed by atoms with E-state index in [4.69, 9.17) is 18.4 Å². The van der Waals surface area contributed by atoms with E-state index in [9.17, 15) is 0 Å². The monoisotopic (exact) mass is 283 g/mol. The summed E-state index contributed by atoms with van der Waals surface area (Å²) in [7, 11) is 4.39. The number of aliphatic hydroxyl groups is 1. The predicted molar refractivity (Wildman–Crippen MR) is 73.9 cm³/mol. The first-order valence-electron chi connectivity index (χ1n) is 6.57. The molecule has 0 bridgehead atoms. The minimum atomic E-state index is -2.86. The first kappa shape index (κ1) is 20.3. The van der Waals surface area contributed by atoms with E-state index in [0.717, 1.165) is 11.0 Å². The van der Waals surface area contributed by atoms with Crippen LogP contribution in [0.2, 0.25) is 0 Å². The van der Waals surface area contributed by atoms with E-state index < -0.39 is 11.4 Å². The van der Waals surface area contributed by atoms with Crippen LogP contribution in [0.3, 0.4) is 0 Å². The number of quaternary nitrogens is 1. The van der Waals surface area contributed by atoms with Crippen LogP contribution in [-0.2, 0) is 11.4 Å². The van der Waals surface area contributed by atoms with Crippen molar-refractivity contribution in [2.24, 2.45) is 0 Å². The molecule has 0 aliphatic carbocycles. The smallest absolute Gasteiger partial charge is 0.102 e. The Labute approximate surface area is 114 Å². The van der Waals surface area contributed by atoms with Crippen LogP contribution in [0.5, 0.6) is 0 Å². The van der Waals surface area contributed by atoms with Gasteiger partial charge in [0.1, 0.15) is 6.54 Å². The minimum absolute atomic E-state index is 0.308. The molecule has 0 aromatic heterocycles. The molecule has 1 atom stereocenters. The molecule has 0 aliphatic rings. The Morgan fingerprint density at radius 3 is 1.94 bits per heavy atom. The van der Waals surface area contributed by atoms with Crippen molar-refractivity contribution in [3.63, 3.8) is 0 Å². The normalized spacial score (nSPS) is 12.8. The van der Waals surface area contributed by atoms with Gasteiger partial charge in [0, 0.05) is 0 Å². The quantitative estimate of drug-likeness (QED) is 0.384. The summed E-state index contributed by atoms with van der Waals surface area (Å²) in [6.45, 7) is 4.64. The average Bonchev–Trinajstić information content (AvgIpc) is 2.22. The third kappa shape index (κ3) is 21.3. The largest absolute Gasteiger partial charge is 0.750 e. The maximum Gasteiger partial charge on any atom is 0.102 e. The molecule has 0 aliphatic heterocycles. The van der Waals surface area contributed by atoms with Crippen molar-refractivity contribution in [1.82, 2.24) is 0 Å². The fraction of sp³-hybridized carbons (Fsp3) is 1.00. The average molecular weight is 283 g/mol. The van der Waals surface area contributed by atoms with Crippen LogP contribution < -0.4 is 0 Å². The fourth-order valence-electron chi connectivity index (χ4n) is 1.70. The summed E-state index contributed by atoms with van der Waals surface area (Å²) in [5, 5.41) is 8.86. The molecule has 6 heteroatoms. The number of unbranched alkanes of at least 4 members (excludes halogenated alkanes) is 5. The molecule has 0 saturated heterocycles. The lowest BCUT2D eigenvalue weighted by Crippen LogP contribution is -2.42. The van der Waals surface area contributed by atoms with Crippen LogP contribution in [0.25, 0.3) is 0 Å². The minimum Gasteiger partial charge on any atom is -0.750 e. The molecule has 2 N–H and O–H groups in total. The van der Waals surface area contributed by atoms with E-state index in [2.05, 4.69) is 21.0 Å². The molecule has 0 rings (SSSR count). The first-order chi connectivity index (χ1) is 8.35. The van der Waals surface area contributed by atoms with Gasteiger partial charge in [-0.1, -0.05) is 32.6 Å². The molecular weight excluding hydrogens is 254 g/mol. The summed E-state index contributed by atoms with van der Waals surface area (Å²) in [5.74, 6) is 0. The van der Waals surface area contributed by atoms with Gasteiger partial charge in [0.05, 0.1) is 38.6 Å². The molecule has 18 heavy (non-hydrogen) atoms. The molecule has 0 aromatic rings. The first-order valence-corrected chi connectivity index (χ1v) is 7.60. The van der Waals surface area contributed by atoms with E-state index >= 15 is 0 Å². The number of likely N-dealkylation sites (N-methyl/N-ethyl adjacent to an activating group) is 1. The molecule has 0 heterocycles. The van der Waals surface area contributed by atoms with Crippen molar-refractivity contribution in [2.45, 2.75) is 45.4 Å². The Bertz CT molecular complexity index is 197. The Balaban J connectivity index is 0. The second-order valence-corrected chi connectivity index (χ2v) is 5.53. The van der Waals surface area contributed by atoms with Crippen molar-refractivity contribution >= 4 is 11.4 Å². The van der Waals surface area contributed by atoms with Crippen molar-refractivity contribution in [1.29, 1.82) is 0 Å². The Hall–Kier alpha value is -0.0100. The Kier molecular flexibility index (Phi) is 15.1. The predicted octanol–water partition coefficient (Wildman–Crippen LogP) is 1.75. The van der Waals surface area contributed by atoms with E-state index in [1.807, 2.05) is 0 Å². The zero-order chi connectivity index (χ0) is 14.4. The van der Waals surface area contributed by atoms with Crippen LogP contribution in [0.15, 0.2) is 0 Å². The van der Waals surface area contributed by atoms with E-state index in [1.54, 1.807) is 0 Å². The standard InChI is InChI=1S/C12H28NO.H2O3S/c1-4-5-6-7-8-9-10-13(2,3)11-12-14;1-4(2)3/h14H,4-12H2,1-3H3;(H2,1,2,3)/q+1;/p-1. The number of aliphatic hydroxyl groups excluding tert-OH is 1. The van der Waals surface area contributed by atoms with Crippen LogP contribution >= 0.6 is 0 Å². The van der Waals surface area contributed by atoms with Gasteiger partial charge in [-0.3, -0.25) is 0 Å². The summed E-state index contributed by atoms with van der Waals surface area (Å²) >= 11 is -2.86. The lowest BCUT2D eigenvalue weighted by atomic mass is 10.1. The topological polar surface area (TPSA) is 80.6 Å². The van der Waals surface area contributed by atoms with Crippen molar-refractivity contribution in [3.05, 3.63) is 0 Å². The van der Waals surface area contributed by atoms with Crippen molar-refractivity contribution in [2.75, 3.05) is 33.8 Å². The number of rotatable bonds is 9. The zero-order valence-electron chi connectivity index (χ0n) is 11.9. The van der Waals surface area contributed by atoms with Gasteiger partial charge < -0.3 is 18.7 Å². The number of hydrogen-bond acceptors (Lipinski definition) is 3. The molecule has 0 spiro atoms. The SMILES string of the molecule is CCCCCCCC[N+](C)(C)CCO.O=S([O-])O. The molecule has 5 nitrogen and oxygen atoms in total. The van der Waals surface area contributed by atoms with Crippen LogP contribution in [0.1, 0.15) is 45.4 Å². The highest BCUT2D eigenvalue weighted by atomic mass is 32.2. The number of hydrogen-bond donors (Lipinski definition) is 2. The van der Waals surface area contributed by atoms with E-state index in [1.165, 1.54) is 45.1 Å². The summed E-state index contributed by atoms with van der Waals surface area (Å²) in [5.41, 5.74) is 0. The van der Waals surface area contributed by atoms with Crippen molar-refractivity contribution < 1.29 is 22.9 Å². The maximum atomic E-state index is 8.86. The van der Waals surface area contributed by atoms with Gasteiger partial charge in [0.15, 0.2) is 0 Å². The molecular formula is C12H29NO4S. The third-order valence-electron chi connectivity index (χ3n) is 2.82. The molecule has 0 radical (unpaired) electrons. The zero-order valence-corrected chi connectivity index (χ0v) is 12.7. The summed E-state index contributed by atoms with van der Waals surface area (Å²) in [6, 6.07) is 0. The van der Waals surface area contributed by atoms with E-state index in [-0.39, 0.29) is 0 Å². The van der Waals surface area contributed by atoms with E-state index in [0.29, 0.717) is 6.61 Å².